The first-order valence-electron chi connectivity index (χ1n) is 8.13. The lowest BCUT2D eigenvalue weighted by molar-refractivity contribution is 0.587. The molecule has 8 nitrogen and oxygen atoms in total. The number of sulfonamides is 1. The number of benzene rings is 1. The molecule has 0 saturated carbocycles. The van der Waals surface area contributed by atoms with E-state index < -0.39 is 10.0 Å². The smallest absolute Gasteiger partial charge is 0.214 e. The zero-order valence-corrected chi connectivity index (χ0v) is 16.8. The van der Waals surface area contributed by atoms with Gasteiger partial charge in [0.05, 0.1) is 17.6 Å². The predicted octanol–water partition coefficient (Wildman–Crippen LogP) is 3.47. The van der Waals surface area contributed by atoms with Gasteiger partial charge in [-0.15, -0.1) is 10.2 Å². The molecule has 0 spiro atoms. The molecule has 2 N–H and O–H groups in total. The summed E-state index contributed by atoms with van der Waals surface area (Å²) in [6.45, 7) is 7.46. The van der Waals surface area contributed by atoms with Crippen molar-refractivity contribution in [3.63, 3.8) is 0 Å². The number of nitrogens with zero attached hydrogens (tertiary/aromatic N) is 4. The second kappa shape index (κ2) is 8.61. The van der Waals surface area contributed by atoms with Gasteiger partial charge in [0.25, 0.3) is 0 Å². The number of likely N-dealkylation sites (N-methyl/N-ethyl adjacent to an activating group) is 1. The molecule has 1 aromatic heterocycles. The fourth-order valence-electron chi connectivity index (χ4n) is 2.35. The number of aromatic amines is 1. The van der Waals surface area contributed by atoms with Crippen molar-refractivity contribution in [2.45, 2.75) is 20.8 Å². The average molecular weight is 399 g/mol. The minimum Gasteiger partial charge on any atom is -0.370 e. The highest BCUT2D eigenvalue weighted by Crippen LogP contribution is 2.29. The van der Waals surface area contributed by atoms with Gasteiger partial charge < -0.3 is 4.90 Å². The number of aromatic nitrogens is 2. The van der Waals surface area contributed by atoms with E-state index in [1.54, 1.807) is 0 Å². The topological polar surface area (TPSA) is 103 Å². The molecule has 0 unspecified atom stereocenters. The van der Waals surface area contributed by atoms with Crippen LogP contribution in [0.25, 0.3) is 0 Å². The minimum atomic E-state index is -3.18. The summed E-state index contributed by atoms with van der Waals surface area (Å²) in [4.78, 5) is 2.08. The summed E-state index contributed by atoms with van der Waals surface area (Å²) in [5, 5.41) is 15.5. The van der Waals surface area contributed by atoms with Crippen molar-refractivity contribution in [2.24, 2.45) is 10.2 Å². The average Bonchev–Trinajstić information content (AvgIpc) is 2.88. The van der Waals surface area contributed by atoms with Gasteiger partial charge in [-0.2, -0.15) is 5.10 Å². The van der Waals surface area contributed by atoms with Crippen molar-refractivity contribution in [1.82, 2.24) is 14.9 Å². The van der Waals surface area contributed by atoms with E-state index >= 15 is 0 Å². The highest BCUT2D eigenvalue weighted by molar-refractivity contribution is 7.88. The lowest BCUT2D eigenvalue weighted by Crippen LogP contribution is -2.34. The lowest BCUT2D eigenvalue weighted by atomic mass is 10.1. The Bertz CT molecular complexity index is 894. The number of aryl methyl sites for hydroxylation is 2. The van der Waals surface area contributed by atoms with Gasteiger partial charge in [-0.05, 0) is 44.5 Å². The van der Waals surface area contributed by atoms with Gasteiger partial charge in [0.15, 0.2) is 0 Å². The Kier molecular flexibility index (Phi) is 6.74. The zero-order valence-electron chi connectivity index (χ0n) is 15.2. The maximum absolute atomic E-state index is 11.2. The molecule has 0 bridgehead atoms. The summed E-state index contributed by atoms with van der Waals surface area (Å²) < 4.78 is 24.9. The Morgan fingerprint density at radius 1 is 1.31 bits per heavy atom. The molecule has 0 aliphatic carbocycles. The Morgan fingerprint density at radius 3 is 2.58 bits per heavy atom. The van der Waals surface area contributed by atoms with Crippen LogP contribution in [0.15, 0.2) is 28.4 Å². The number of rotatable bonds is 8. The van der Waals surface area contributed by atoms with Crippen LogP contribution in [0.5, 0.6) is 0 Å². The molecule has 2 rings (SSSR count). The molecule has 10 heteroatoms. The summed E-state index contributed by atoms with van der Waals surface area (Å²) in [7, 11) is -3.18. The van der Waals surface area contributed by atoms with Crippen LogP contribution in [0, 0.1) is 13.8 Å². The van der Waals surface area contributed by atoms with Crippen LogP contribution in [-0.2, 0) is 10.0 Å². The van der Waals surface area contributed by atoms with Crippen LogP contribution in [0.3, 0.4) is 0 Å². The molecular formula is C16H23ClN6O2S. The minimum absolute atomic E-state index is 0.351. The quantitative estimate of drug-likeness (QED) is 0.664. The summed E-state index contributed by atoms with van der Waals surface area (Å²) in [6.07, 6.45) is 1.15. The van der Waals surface area contributed by atoms with E-state index in [1.165, 1.54) is 0 Å². The number of nitrogens with one attached hydrogen (secondary N) is 2. The van der Waals surface area contributed by atoms with E-state index in [4.69, 9.17) is 11.6 Å². The number of azo groups is 1. The van der Waals surface area contributed by atoms with E-state index in [-0.39, 0.29) is 0 Å². The molecular weight excluding hydrogens is 376 g/mol. The normalized spacial score (nSPS) is 12.0. The van der Waals surface area contributed by atoms with E-state index in [1.807, 2.05) is 39.0 Å². The van der Waals surface area contributed by atoms with E-state index in [0.29, 0.717) is 23.9 Å². The van der Waals surface area contributed by atoms with Crippen LogP contribution in [-0.4, -0.2) is 44.5 Å². The second-order valence-corrected chi connectivity index (χ2v) is 8.11. The second-order valence-electron chi connectivity index (χ2n) is 5.90. The molecule has 0 radical (unpaired) electrons. The number of hydrogen-bond acceptors (Lipinski definition) is 6. The summed E-state index contributed by atoms with van der Waals surface area (Å²) >= 11 is 6.08. The molecule has 1 aromatic carbocycles. The third-order valence-electron chi connectivity index (χ3n) is 3.78. The van der Waals surface area contributed by atoms with E-state index in [9.17, 15) is 8.42 Å². The van der Waals surface area contributed by atoms with Gasteiger partial charge in [-0.25, -0.2) is 13.1 Å². The summed E-state index contributed by atoms with van der Waals surface area (Å²) in [6, 6.07) is 5.80. The number of hydrogen-bond donors (Lipinski definition) is 2. The molecule has 2 aromatic rings. The lowest BCUT2D eigenvalue weighted by Gasteiger charge is -2.23. The van der Waals surface area contributed by atoms with Gasteiger partial charge in [-0.3, -0.25) is 5.10 Å². The first kappa shape index (κ1) is 20.3. The molecule has 0 fully saturated rings. The fraction of sp³-hybridized carbons (Fsp3) is 0.438. The van der Waals surface area contributed by atoms with Gasteiger partial charge in [0.1, 0.15) is 5.02 Å². The summed E-state index contributed by atoms with van der Waals surface area (Å²) in [5.74, 6) is 0.356. The third kappa shape index (κ3) is 5.52. The van der Waals surface area contributed by atoms with Gasteiger partial charge in [0, 0.05) is 25.3 Å². The molecule has 1 heterocycles. The Morgan fingerprint density at radius 2 is 2.04 bits per heavy atom. The van der Waals surface area contributed by atoms with Gasteiger partial charge in [-0.1, -0.05) is 11.6 Å². The van der Waals surface area contributed by atoms with Crippen molar-refractivity contribution in [3.8, 4) is 0 Å². The predicted molar refractivity (Wildman–Crippen MR) is 104 cm³/mol. The SMILES string of the molecule is CCN(CCNS(C)(=O)=O)c1ccc(N=Nc2n[nH]c(C)c2Cl)c(C)c1. The Labute approximate surface area is 158 Å². The van der Waals surface area contributed by atoms with Crippen molar-refractivity contribution in [2.75, 3.05) is 30.8 Å². The van der Waals surface area contributed by atoms with Crippen molar-refractivity contribution in [3.05, 3.63) is 34.5 Å². The fourth-order valence-corrected chi connectivity index (χ4v) is 2.94. The van der Waals surface area contributed by atoms with Crippen molar-refractivity contribution < 1.29 is 8.42 Å². The van der Waals surface area contributed by atoms with Crippen molar-refractivity contribution >= 4 is 38.8 Å². The van der Waals surface area contributed by atoms with Crippen LogP contribution in [0.1, 0.15) is 18.2 Å². The maximum atomic E-state index is 11.2. The molecule has 0 aliphatic heterocycles. The van der Waals surface area contributed by atoms with Crippen LogP contribution < -0.4 is 9.62 Å². The first-order valence-corrected chi connectivity index (χ1v) is 10.4. The van der Waals surface area contributed by atoms with E-state index in [2.05, 4.69) is 30.0 Å². The van der Waals surface area contributed by atoms with Crippen LogP contribution in [0.4, 0.5) is 17.2 Å². The molecule has 26 heavy (non-hydrogen) atoms. The monoisotopic (exact) mass is 398 g/mol. The molecule has 0 saturated heterocycles. The third-order valence-corrected chi connectivity index (χ3v) is 4.96. The van der Waals surface area contributed by atoms with Crippen molar-refractivity contribution in [1.29, 1.82) is 0 Å². The first-order chi connectivity index (χ1) is 12.2. The number of H-pyrrole nitrogens is 1. The number of anilines is 1. The van der Waals surface area contributed by atoms with Gasteiger partial charge in [0.2, 0.25) is 15.8 Å². The standard InChI is InChI=1S/C16H23ClN6O2S/c1-5-23(9-8-18-26(4,24)25)13-6-7-14(11(2)10-13)20-22-16-15(17)12(3)19-21-16/h6-7,10,18H,5,8-9H2,1-4H3,(H,19,21). The summed E-state index contributed by atoms with van der Waals surface area (Å²) in [5.41, 5.74) is 3.40. The largest absolute Gasteiger partial charge is 0.370 e. The maximum Gasteiger partial charge on any atom is 0.214 e. The Balaban J connectivity index is 2.11. The molecule has 0 aliphatic rings. The Hall–Kier alpha value is -1.97. The highest BCUT2D eigenvalue weighted by atomic mass is 35.5. The molecule has 142 valence electrons. The van der Waals surface area contributed by atoms with Gasteiger partial charge >= 0.3 is 0 Å². The van der Waals surface area contributed by atoms with E-state index in [0.717, 1.165) is 35.4 Å². The molecule has 0 atom stereocenters. The number of halogens is 1. The highest BCUT2D eigenvalue weighted by Gasteiger charge is 2.09. The molecule has 0 amide bonds. The van der Waals surface area contributed by atoms with Crippen LogP contribution in [0.2, 0.25) is 5.02 Å². The van der Waals surface area contributed by atoms with Crippen LogP contribution >= 0.6 is 11.6 Å². The zero-order chi connectivity index (χ0) is 19.3.